The molecular weight excluding hydrogens is 224 g/mol. The highest BCUT2D eigenvalue weighted by Gasteiger charge is 2.29. The molecule has 1 aromatic carbocycles. The molecule has 3 nitrogen and oxygen atoms in total. The Morgan fingerprint density at radius 3 is 2.67 bits per heavy atom. The van der Waals surface area contributed by atoms with Gasteiger partial charge in [0, 0.05) is 24.4 Å². The molecule has 3 heteroatoms. The van der Waals surface area contributed by atoms with E-state index in [4.69, 9.17) is 0 Å². The third-order valence-electron chi connectivity index (χ3n) is 3.51. The summed E-state index contributed by atoms with van der Waals surface area (Å²) in [7, 11) is 1.82. The first kappa shape index (κ1) is 11.0. The third kappa shape index (κ3) is 1.44. The van der Waals surface area contributed by atoms with Crippen LogP contribution in [0.15, 0.2) is 42.6 Å². The summed E-state index contributed by atoms with van der Waals surface area (Å²) in [6, 6.07) is 11.9. The van der Waals surface area contributed by atoms with Gasteiger partial charge < -0.3 is 4.90 Å². The second-order valence-corrected chi connectivity index (χ2v) is 4.57. The van der Waals surface area contributed by atoms with Gasteiger partial charge in [-0.15, -0.1) is 0 Å². The van der Waals surface area contributed by atoms with Crippen molar-refractivity contribution in [1.82, 2.24) is 4.98 Å². The summed E-state index contributed by atoms with van der Waals surface area (Å²) < 4.78 is 0. The van der Waals surface area contributed by atoms with E-state index in [-0.39, 0.29) is 11.8 Å². The van der Waals surface area contributed by atoms with Crippen molar-refractivity contribution in [2.75, 3.05) is 11.9 Å². The predicted octanol–water partition coefficient (Wildman–Crippen LogP) is 2.83. The van der Waals surface area contributed by atoms with E-state index >= 15 is 0 Å². The van der Waals surface area contributed by atoms with Crippen LogP contribution in [0.1, 0.15) is 18.5 Å². The molecule has 2 heterocycles. The van der Waals surface area contributed by atoms with Crippen LogP contribution in [0.2, 0.25) is 0 Å². The summed E-state index contributed by atoms with van der Waals surface area (Å²) in [5.74, 6) is -0.126. The minimum absolute atomic E-state index is 0.0832. The van der Waals surface area contributed by atoms with Crippen LogP contribution < -0.4 is 4.90 Å². The molecule has 1 atom stereocenters. The van der Waals surface area contributed by atoms with E-state index in [1.165, 1.54) is 0 Å². The van der Waals surface area contributed by atoms with Gasteiger partial charge in [-0.1, -0.05) is 24.3 Å². The fourth-order valence-corrected chi connectivity index (χ4v) is 2.51. The van der Waals surface area contributed by atoms with Gasteiger partial charge in [0.2, 0.25) is 5.91 Å². The van der Waals surface area contributed by atoms with Crippen molar-refractivity contribution in [2.24, 2.45) is 0 Å². The SMILES string of the molecule is CC1C(=O)N(C)c2ccccc2-c2cccnc21. The summed E-state index contributed by atoms with van der Waals surface area (Å²) in [6.45, 7) is 1.91. The average Bonchev–Trinajstić information content (AvgIpc) is 2.51. The number of likely N-dealkylation sites (N-methyl/N-ethyl adjacent to an activating group) is 1. The Bertz CT molecular complexity index is 568. The maximum atomic E-state index is 12.4. The summed E-state index contributed by atoms with van der Waals surface area (Å²) in [5.41, 5.74) is 3.93. The normalized spacial score (nSPS) is 18.0. The van der Waals surface area contributed by atoms with E-state index in [0.717, 1.165) is 22.5 Å². The highest BCUT2D eigenvalue weighted by Crippen LogP contribution is 2.38. The zero-order chi connectivity index (χ0) is 12.7. The Morgan fingerprint density at radius 1 is 1.11 bits per heavy atom. The second-order valence-electron chi connectivity index (χ2n) is 4.57. The monoisotopic (exact) mass is 238 g/mol. The summed E-state index contributed by atoms with van der Waals surface area (Å²) >= 11 is 0. The molecule has 0 N–H and O–H groups in total. The molecule has 2 aromatic rings. The molecule has 1 unspecified atom stereocenters. The van der Waals surface area contributed by atoms with Crippen LogP contribution >= 0.6 is 0 Å². The van der Waals surface area contributed by atoms with Gasteiger partial charge in [0.05, 0.1) is 17.3 Å². The Labute approximate surface area is 106 Å². The second kappa shape index (κ2) is 3.95. The van der Waals surface area contributed by atoms with Gasteiger partial charge in [0.15, 0.2) is 0 Å². The molecule has 3 rings (SSSR count). The van der Waals surface area contributed by atoms with Crippen LogP contribution in [-0.2, 0) is 4.79 Å². The number of anilines is 1. The number of benzene rings is 1. The molecular formula is C15H14N2O. The van der Waals surface area contributed by atoms with Gasteiger partial charge in [-0.2, -0.15) is 0 Å². The van der Waals surface area contributed by atoms with Crippen LogP contribution in [0.5, 0.6) is 0 Å². The van der Waals surface area contributed by atoms with Gasteiger partial charge in [0.25, 0.3) is 0 Å². The van der Waals surface area contributed by atoms with Crippen LogP contribution in [0.3, 0.4) is 0 Å². The van der Waals surface area contributed by atoms with Crippen LogP contribution in [0, 0.1) is 0 Å². The lowest BCUT2D eigenvalue weighted by Crippen LogP contribution is -2.29. The minimum atomic E-state index is -0.210. The van der Waals surface area contributed by atoms with Gasteiger partial charge in [-0.05, 0) is 19.1 Å². The lowest BCUT2D eigenvalue weighted by Gasteiger charge is -2.19. The predicted molar refractivity (Wildman–Crippen MR) is 71.5 cm³/mol. The molecule has 0 saturated carbocycles. The van der Waals surface area contributed by atoms with E-state index in [0.29, 0.717) is 0 Å². The number of pyridine rings is 1. The molecule has 1 amide bonds. The number of hydrogen-bond donors (Lipinski definition) is 0. The molecule has 1 aromatic heterocycles. The van der Waals surface area contributed by atoms with E-state index in [1.807, 2.05) is 50.4 Å². The van der Waals surface area contributed by atoms with E-state index in [1.54, 1.807) is 11.1 Å². The van der Waals surface area contributed by atoms with Crippen molar-refractivity contribution in [3.05, 3.63) is 48.3 Å². The molecule has 1 aliphatic heterocycles. The molecule has 18 heavy (non-hydrogen) atoms. The first-order valence-electron chi connectivity index (χ1n) is 6.02. The molecule has 0 aliphatic carbocycles. The fourth-order valence-electron chi connectivity index (χ4n) is 2.51. The molecule has 1 aliphatic rings. The van der Waals surface area contributed by atoms with Crippen LogP contribution in [-0.4, -0.2) is 17.9 Å². The number of fused-ring (bicyclic) bond motifs is 3. The first-order chi connectivity index (χ1) is 8.70. The van der Waals surface area contributed by atoms with Gasteiger partial charge in [-0.3, -0.25) is 9.78 Å². The van der Waals surface area contributed by atoms with Gasteiger partial charge >= 0.3 is 0 Å². The van der Waals surface area contributed by atoms with Crippen molar-refractivity contribution in [1.29, 1.82) is 0 Å². The molecule has 90 valence electrons. The van der Waals surface area contributed by atoms with E-state index < -0.39 is 0 Å². The fraction of sp³-hybridized carbons (Fsp3) is 0.200. The Hall–Kier alpha value is -2.16. The van der Waals surface area contributed by atoms with Gasteiger partial charge in [-0.25, -0.2) is 0 Å². The van der Waals surface area contributed by atoms with E-state index in [2.05, 4.69) is 4.98 Å². The summed E-state index contributed by atoms with van der Waals surface area (Å²) in [4.78, 5) is 18.5. The Balaban J connectivity index is 2.36. The standard InChI is InChI=1S/C15H14N2O/c1-10-14-12(7-5-9-16-14)11-6-3-4-8-13(11)17(2)15(10)18/h3-10H,1-2H3. The van der Waals surface area contributed by atoms with Crippen molar-refractivity contribution < 1.29 is 4.79 Å². The molecule has 0 fully saturated rings. The lowest BCUT2D eigenvalue weighted by molar-refractivity contribution is -0.119. The van der Waals surface area contributed by atoms with Crippen molar-refractivity contribution in [3.8, 4) is 11.1 Å². The number of carbonyl (C=O) groups is 1. The Morgan fingerprint density at radius 2 is 1.83 bits per heavy atom. The maximum absolute atomic E-state index is 12.4. The smallest absolute Gasteiger partial charge is 0.235 e. The number of aromatic nitrogens is 1. The summed E-state index contributed by atoms with van der Waals surface area (Å²) in [5, 5.41) is 0. The van der Waals surface area contributed by atoms with Crippen molar-refractivity contribution in [2.45, 2.75) is 12.8 Å². The molecule has 0 radical (unpaired) electrons. The molecule has 0 saturated heterocycles. The largest absolute Gasteiger partial charge is 0.314 e. The highest BCUT2D eigenvalue weighted by atomic mass is 16.2. The maximum Gasteiger partial charge on any atom is 0.235 e. The van der Waals surface area contributed by atoms with Crippen molar-refractivity contribution in [3.63, 3.8) is 0 Å². The Kier molecular flexibility index (Phi) is 2.40. The molecule has 0 bridgehead atoms. The summed E-state index contributed by atoms with van der Waals surface area (Å²) in [6.07, 6.45) is 1.75. The van der Waals surface area contributed by atoms with Gasteiger partial charge in [0.1, 0.15) is 0 Å². The highest BCUT2D eigenvalue weighted by molar-refractivity contribution is 6.04. The quantitative estimate of drug-likeness (QED) is 0.707. The van der Waals surface area contributed by atoms with Crippen LogP contribution in [0.25, 0.3) is 11.1 Å². The van der Waals surface area contributed by atoms with Crippen molar-refractivity contribution >= 4 is 11.6 Å². The number of rotatable bonds is 0. The third-order valence-corrected chi connectivity index (χ3v) is 3.51. The minimum Gasteiger partial charge on any atom is -0.314 e. The van der Waals surface area contributed by atoms with Crippen LogP contribution in [0.4, 0.5) is 5.69 Å². The molecule has 0 spiro atoms. The number of nitrogens with zero attached hydrogens (tertiary/aromatic N) is 2. The zero-order valence-electron chi connectivity index (χ0n) is 10.4. The zero-order valence-corrected chi connectivity index (χ0v) is 10.4. The average molecular weight is 238 g/mol. The number of hydrogen-bond acceptors (Lipinski definition) is 2. The lowest BCUT2D eigenvalue weighted by atomic mass is 9.97. The topological polar surface area (TPSA) is 33.2 Å². The number of carbonyl (C=O) groups excluding carboxylic acids is 1. The number of amides is 1. The first-order valence-corrected chi connectivity index (χ1v) is 6.02. The van der Waals surface area contributed by atoms with E-state index in [9.17, 15) is 4.79 Å². The number of para-hydroxylation sites is 1.